The summed E-state index contributed by atoms with van der Waals surface area (Å²) in [6.45, 7) is 10.7. The van der Waals surface area contributed by atoms with Crippen LogP contribution in [0.25, 0.3) is 0 Å². The molecule has 0 unspecified atom stereocenters. The summed E-state index contributed by atoms with van der Waals surface area (Å²) in [5, 5.41) is 14.3. The number of carbonyl (C=O) groups excluding carboxylic acids is 2. The number of ether oxygens (including phenoxy) is 1. The Morgan fingerprint density at radius 2 is 1.58 bits per heavy atom. The van der Waals surface area contributed by atoms with Gasteiger partial charge in [0, 0.05) is 56.6 Å². The summed E-state index contributed by atoms with van der Waals surface area (Å²) in [5.74, 6) is 0.0981. The number of hydrogen-bond donors (Lipinski definition) is 2. The number of amides is 2. The van der Waals surface area contributed by atoms with E-state index in [0.717, 1.165) is 49.4 Å². The van der Waals surface area contributed by atoms with E-state index in [1.165, 1.54) is 6.07 Å². The summed E-state index contributed by atoms with van der Waals surface area (Å²) in [6, 6.07) is 13.7. The van der Waals surface area contributed by atoms with Crippen molar-refractivity contribution in [3.63, 3.8) is 0 Å². The molecule has 45 heavy (non-hydrogen) atoms. The van der Waals surface area contributed by atoms with Crippen LogP contribution in [0.15, 0.2) is 54.7 Å². The molecule has 0 spiro atoms. The Morgan fingerprint density at radius 1 is 0.911 bits per heavy atom. The minimum absolute atomic E-state index is 0.00475. The van der Waals surface area contributed by atoms with Crippen LogP contribution in [-0.2, 0) is 34.3 Å². The van der Waals surface area contributed by atoms with Crippen molar-refractivity contribution in [3.8, 4) is 5.88 Å². The molecule has 2 amide bonds. The zero-order valence-corrected chi connectivity index (χ0v) is 26.2. The zero-order valence-electron chi connectivity index (χ0n) is 26.2. The van der Waals surface area contributed by atoms with E-state index in [0.29, 0.717) is 37.2 Å². The van der Waals surface area contributed by atoms with E-state index in [-0.39, 0.29) is 29.7 Å². The molecule has 0 radical (unpaired) electrons. The Hall–Kier alpha value is -4.22. The number of hydrogen-bond acceptors (Lipinski definition) is 7. The monoisotopic (exact) mass is 626 g/mol. The summed E-state index contributed by atoms with van der Waals surface area (Å²) >= 11 is 0. The van der Waals surface area contributed by atoms with Gasteiger partial charge < -0.3 is 20.3 Å². The van der Waals surface area contributed by atoms with Gasteiger partial charge in [0.2, 0.25) is 17.7 Å². The van der Waals surface area contributed by atoms with E-state index in [1.54, 1.807) is 19.1 Å². The van der Waals surface area contributed by atoms with Gasteiger partial charge in [0.25, 0.3) is 0 Å². The lowest BCUT2D eigenvalue weighted by Gasteiger charge is -2.40. The van der Waals surface area contributed by atoms with Crippen molar-refractivity contribution in [1.29, 1.82) is 0 Å². The second-order valence-corrected chi connectivity index (χ2v) is 11.7. The predicted molar refractivity (Wildman–Crippen MR) is 164 cm³/mol. The highest BCUT2D eigenvalue weighted by Crippen LogP contribution is 2.47. The van der Waals surface area contributed by atoms with Crippen molar-refractivity contribution in [3.05, 3.63) is 77.2 Å². The van der Waals surface area contributed by atoms with Crippen molar-refractivity contribution in [2.45, 2.75) is 78.1 Å². The third-order valence-corrected chi connectivity index (χ3v) is 8.31. The van der Waals surface area contributed by atoms with Crippen molar-refractivity contribution < 1.29 is 27.5 Å². The fraction of sp³-hybridized carbons (Fsp3) is 0.485. The highest BCUT2D eigenvalue weighted by Gasteiger charge is 2.52. The maximum Gasteiger partial charge on any atom is 0.433 e. The third kappa shape index (κ3) is 8.70. The highest BCUT2D eigenvalue weighted by molar-refractivity contribution is 5.90. The fourth-order valence-electron chi connectivity index (χ4n) is 5.21. The minimum Gasteiger partial charge on any atom is -0.472 e. The summed E-state index contributed by atoms with van der Waals surface area (Å²) in [6.07, 6.45) is -0.0503. The number of pyridine rings is 1. The third-order valence-electron chi connectivity index (χ3n) is 8.31. The van der Waals surface area contributed by atoms with E-state index in [1.807, 2.05) is 26.0 Å². The molecule has 5 rings (SSSR count). The number of carbonyl (C=O) groups is 2. The van der Waals surface area contributed by atoms with Gasteiger partial charge in [-0.05, 0) is 60.9 Å². The fourth-order valence-corrected chi connectivity index (χ4v) is 5.21. The molecule has 2 fully saturated rings. The Balaban J connectivity index is 0.00000226. The molecule has 12 heteroatoms. The molecular weight excluding hydrogens is 585 g/mol. The molecule has 2 aliphatic rings. The summed E-state index contributed by atoms with van der Waals surface area (Å²) in [7, 11) is 0. The first-order valence-corrected chi connectivity index (χ1v) is 15.3. The van der Waals surface area contributed by atoms with Gasteiger partial charge in [-0.25, -0.2) is 0 Å². The molecule has 9 nitrogen and oxygen atoms in total. The number of anilines is 1. The van der Waals surface area contributed by atoms with Crippen LogP contribution < -0.4 is 20.3 Å². The summed E-state index contributed by atoms with van der Waals surface area (Å²) in [5.41, 5.74) is 1.57. The van der Waals surface area contributed by atoms with Crippen LogP contribution in [-0.4, -0.2) is 46.6 Å². The normalized spacial score (nSPS) is 16.6. The Labute approximate surface area is 262 Å². The first-order valence-electron chi connectivity index (χ1n) is 15.3. The summed E-state index contributed by atoms with van der Waals surface area (Å²) in [4.78, 5) is 30.2. The van der Waals surface area contributed by atoms with Gasteiger partial charge in [0.15, 0.2) is 0 Å². The van der Waals surface area contributed by atoms with E-state index in [4.69, 9.17) is 4.74 Å². The molecule has 1 aliphatic carbocycles. The maximum atomic E-state index is 13.1. The van der Waals surface area contributed by atoms with Crippen LogP contribution in [0.1, 0.15) is 75.9 Å². The van der Waals surface area contributed by atoms with Crippen LogP contribution in [0, 0.1) is 5.41 Å². The maximum absolute atomic E-state index is 13.1. The Kier molecular flexibility index (Phi) is 10.7. The van der Waals surface area contributed by atoms with E-state index >= 15 is 0 Å². The van der Waals surface area contributed by atoms with Crippen LogP contribution in [0.3, 0.4) is 0 Å². The van der Waals surface area contributed by atoms with Crippen molar-refractivity contribution >= 4 is 17.5 Å². The van der Waals surface area contributed by atoms with Crippen LogP contribution in [0.2, 0.25) is 0 Å². The van der Waals surface area contributed by atoms with Gasteiger partial charge in [0.05, 0.1) is 11.1 Å². The van der Waals surface area contributed by atoms with E-state index < -0.39 is 17.3 Å². The molecule has 0 bridgehead atoms. The van der Waals surface area contributed by atoms with Crippen molar-refractivity contribution in [2.75, 3.05) is 24.5 Å². The van der Waals surface area contributed by atoms with E-state index in [9.17, 15) is 22.8 Å². The second kappa shape index (κ2) is 14.3. The molecule has 3 aromatic rings. The largest absolute Gasteiger partial charge is 0.472 e. The first-order chi connectivity index (χ1) is 21.5. The number of rotatable bonds is 10. The lowest BCUT2D eigenvalue weighted by molar-refractivity contribution is -0.141. The SMILES string of the molecule is CC.CC(=O)NCC1(C)CCN(c2ccc(CNC(=O)C3(c4ccc(OCc5ccc(C(F)(F)F)nc5)nn4)CC3)cc2)CC1. The number of nitrogens with one attached hydrogen (secondary N) is 2. The second-order valence-electron chi connectivity index (χ2n) is 11.7. The topological polar surface area (TPSA) is 109 Å². The van der Waals surface area contributed by atoms with Gasteiger partial charge in [-0.15, -0.1) is 5.10 Å². The summed E-state index contributed by atoms with van der Waals surface area (Å²) < 4.78 is 43.6. The molecule has 1 aromatic carbocycles. The number of nitrogens with zero attached hydrogens (tertiary/aromatic N) is 4. The molecule has 1 saturated heterocycles. The Morgan fingerprint density at radius 3 is 2.11 bits per heavy atom. The molecule has 3 heterocycles. The minimum atomic E-state index is -4.50. The molecule has 1 aliphatic heterocycles. The smallest absolute Gasteiger partial charge is 0.433 e. The molecular formula is C33H41F3N6O3. The quantitative estimate of drug-likeness (QED) is 0.302. The lowest BCUT2D eigenvalue weighted by Crippen LogP contribution is -2.44. The average Bonchev–Trinajstić information content (AvgIpc) is 3.86. The van der Waals surface area contributed by atoms with Gasteiger partial charge in [-0.2, -0.15) is 18.3 Å². The first kappa shape index (κ1) is 33.7. The molecule has 242 valence electrons. The lowest BCUT2D eigenvalue weighted by atomic mass is 9.80. The molecule has 1 saturated carbocycles. The van der Waals surface area contributed by atoms with Gasteiger partial charge in [-0.1, -0.05) is 39.0 Å². The Bertz CT molecular complexity index is 1420. The van der Waals surface area contributed by atoms with Crippen LogP contribution >= 0.6 is 0 Å². The number of alkyl halides is 3. The zero-order chi connectivity index (χ0) is 32.7. The molecule has 0 atom stereocenters. The van der Waals surface area contributed by atoms with Crippen molar-refractivity contribution in [1.82, 2.24) is 25.8 Å². The molecule has 2 aromatic heterocycles. The van der Waals surface area contributed by atoms with Gasteiger partial charge in [-0.3, -0.25) is 14.6 Å². The number of halogens is 3. The average molecular weight is 627 g/mol. The van der Waals surface area contributed by atoms with Crippen molar-refractivity contribution in [2.24, 2.45) is 5.41 Å². The van der Waals surface area contributed by atoms with Crippen LogP contribution in [0.4, 0.5) is 18.9 Å². The highest BCUT2D eigenvalue weighted by atomic mass is 19.4. The number of benzene rings is 1. The predicted octanol–water partition coefficient (Wildman–Crippen LogP) is 5.59. The van der Waals surface area contributed by atoms with Gasteiger partial charge in [0.1, 0.15) is 12.3 Å². The molecule has 2 N–H and O–H groups in total. The number of piperidine rings is 1. The standard InChI is InChI=1S/C31H35F3N6O3.C2H6/c1-21(41)37-20-29(2)13-15-40(16-14-29)24-6-3-22(4-7-24)17-36-28(42)30(11-12-30)25-9-10-27(39-38-25)43-19-23-5-8-26(35-18-23)31(32,33)34;1-2/h3-10,18H,11-17,19-20H2,1-2H3,(H,36,42)(H,37,41);1-2H3. The van der Waals surface area contributed by atoms with Crippen LogP contribution in [0.5, 0.6) is 5.88 Å². The number of aromatic nitrogens is 3. The van der Waals surface area contributed by atoms with Gasteiger partial charge >= 0.3 is 6.18 Å². The van der Waals surface area contributed by atoms with E-state index in [2.05, 4.69) is 49.8 Å².